The van der Waals surface area contributed by atoms with Crippen molar-refractivity contribution in [3.05, 3.63) is 65.2 Å². The summed E-state index contributed by atoms with van der Waals surface area (Å²) >= 11 is 0. The van der Waals surface area contributed by atoms with E-state index in [4.69, 9.17) is 0 Å². The molecule has 0 spiro atoms. The number of hydrogen-bond donors (Lipinski definition) is 2. The fourth-order valence-corrected chi connectivity index (χ4v) is 1.84. The van der Waals surface area contributed by atoms with Gasteiger partial charge < -0.3 is 5.32 Å². The van der Waals surface area contributed by atoms with Crippen LogP contribution < -0.4 is 10.7 Å². The van der Waals surface area contributed by atoms with Gasteiger partial charge in [0.05, 0.1) is 11.8 Å². The average molecular weight is 349 g/mol. The minimum atomic E-state index is -4.47. The SMILES string of the molecule is Cc1ccc(NC(=O)C(=O)N/N=C\c2cccc(C(F)(F)F)c2)cc1. The standard InChI is InChI=1S/C17H14F3N3O2/c1-11-5-7-14(8-6-11)22-15(24)16(25)23-21-10-12-3-2-4-13(9-12)17(18,19)20/h2-10H,1H3,(H,22,24)(H,23,25)/b21-10-. The fourth-order valence-electron chi connectivity index (χ4n) is 1.84. The number of nitrogens with zero attached hydrogens (tertiary/aromatic N) is 1. The molecule has 0 fully saturated rings. The van der Waals surface area contributed by atoms with E-state index in [2.05, 4.69) is 10.4 Å². The Bertz CT molecular complexity index is 800. The molecule has 2 aromatic carbocycles. The molecule has 0 bridgehead atoms. The van der Waals surface area contributed by atoms with Crippen molar-refractivity contribution in [3.8, 4) is 0 Å². The van der Waals surface area contributed by atoms with E-state index in [1.807, 2.05) is 12.3 Å². The van der Waals surface area contributed by atoms with Crippen LogP contribution in [0.3, 0.4) is 0 Å². The molecule has 5 nitrogen and oxygen atoms in total. The molecule has 130 valence electrons. The Balaban J connectivity index is 1.94. The maximum atomic E-state index is 12.6. The summed E-state index contributed by atoms with van der Waals surface area (Å²) in [7, 11) is 0. The van der Waals surface area contributed by atoms with E-state index in [9.17, 15) is 22.8 Å². The van der Waals surface area contributed by atoms with Crippen LogP contribution in [0.15, 0.2) is 53.6 Å². The van der Waals surface area contributed by atoms with Crippen molar-refractivity contribution < 1.29 is 22.8 Å². The van der Waals surface area contributed by atoms with Crippen molar-refractivity contribution in [1.82, 2.24) is 5.43 Å². The van der Waals surface area contributed by atoms with Gasteiger partial charge in [0.15, 0.2) is 0 Å². The topological polar surface area (TPSA) is 70.6 Å². The second kappa shape index (κ2) is 7.61. The van der Waals surface area contributed by atoms with Crippen molar-refractivity contribution in [1.29, 1.82) is 0 Å². The number of amides is 2. The molecule has 2 rings (SSSR count). The fraction of sp³-hybridized carbons (Fsp3) is 0.118. The molecule has 0 aliphatic carbocycles. The molecular formula is C17H14F3N3O2. The minimum Gasteiger partial charge on any atom is -0.318 e. The predicted molar refractivity (Wildman–Crippen MR) is 87.0 cm³/mol. The molecule has 0 aliphatic rings. The van der Waals surface area contributed by atoms with Gasteiger partial charge >= 0.3 is 18.0 Å². The Morgan fingerprint density at radius 1 is 1.04 bits per heavy atom. The van der Waals surface area contributed by atoms with Crippen molar-refractivity contribution in [2.75, 3.05) is 5.32 Å². The van der Waals surface area contributed by atoms with Gasteiger partial charge in [-0.15, -0.1) is 0 Å². The number of hydrazone groups is 1. The smallest absolute Gasteiger partial charge is 0.318 e. The highest BCUT2D eigenvalue weighted by Crippen LogP contribution is 2.29. The van der Waals surface area contributed by atoms with Gasteiger partial charge in [-0.05, 0) is 36.8 Å². The van der Waals surface area contributed by atoms with Gasteiger partial charge in [0, 0.05) is 5.69 Å². The van der Waals surface area contributed by atoms with Gasteiger partial charge in [0.1, 0.15) is 0 Å². The Labute approximate surface area is 141 Å². The highest BCUT2D eigenvalue weighted by molar-refractivity contribution is 6.39. The number of carbonyl (C=O) groups is 2. The van der Waals surface area contributed by atoms with Crippen molar-refractivity contribution >= 4 is 23.7 Å². The maximum absolute atomic E-state index is 12.6. The summed E-state index contributed by atoms with van der Waals surface area (Å²) in [5.41, 5.74) is 2.69. The molecule has 25 heavy (non-hydrogen) atoms. The van der Waals surface area contributed by atoms with E-state index in [1.54, 1.807) is 24.3 Å². The van der Waals surface area contributed by atoms with Crippen LogP contribution in [0.4, 0.5) is 18.9 Å². The first-order valence-electron chi connectivity index (χ1n) is 7.14. The van der Waals surface area contributed by atoms with E-state index >= 15 is 0 Å². The molecule has 0 saturated carbocycles. The van der Waals surface area contributed by atoms with Gasteiger partial charge in [-0.25, -0.2) is 5.43 Å². The molecule has 2 N–H and O–H groups in total. The number of alkyl halides is 3. The molecule has 0 radical (unpaired) electrons. The Morgan fingerprint density at radius 2 is 1.72 bits per heavy atom. The van der Waals surface area contributed by atoms with Gasteiger partial charge in [0.25, 0.3) is 0 Å². The van der Waals surface area contributed by atoms with Crippen LogP contribution >= 0.6 is 0 Å². The summed E-state index contributed by atoms with van der Waals surface area (Å²) in [6, 6.07) is 11.2. The van der Waals surface area contributed by atoms with Crippen LogP contribution in [0.1, 0.15) is 16.7 Å². The lowest BCUT2D eigenvalue weighted by molar-refractivity contribution is -0.137. The molecule has 2 aromatic rings. The zero-order chi connectivity index (χ0) is 18.4. The summed E-state index contributed by atoms with van der Waals surface area (Å²) in [4.78, 5) is 23.3. The zero-order valence-corrected chi connectivity index (χ0v) is 13.1. The number of carbonyl (C=O) groups excluding carboxylic acids is 2. The molecule has 8 heteroatoms. The summed E-state index contributed by atoms with van der Waals surface area (Å²) in [6.07, 6.45) is -3.45. The van der Waals surface area contributed by atoms with E-state index in [0.29, 0.717) is 5.69 Å². The second-order valence-electron chi connectivity index (χ2n) is 5.14. The first kappa shape index (κ1) is 18.2. The number of benzene rings is 2. The lowest BCUT2D eigenvalue weighted by Gasteiger charge is -2.06. The number of rotatable bonds is 3. The van der Waals surface area contributed by atoms with Crippen molar-refractivity contribution in [3.63, 3.8) is 0 Å². The van der Waals surface area contributed by atoms with E-state index in [0.717, 1.165) is 23.9 Å². The third-order valence-electron chi connectivity index (χ3n) is 3.11. The highest BCUT2D eigenvalue weighted by Gasteiger charge is 2.30. The quantitative estimate of drug-likeness (QED) is 0.508. The Morgan fingerprint density at radius 3 is 2.36 bits per heavy atom. The first-order chi connectivity index (χ1) is 11.8. The third kappa shape index (κ3) is 5.45. The van der Waals surface area contributed by atoms with E-state index in [1.165, 1.54) is 12.1 Å². The number of aryl methyl sites for hydroxylation is 1. The van der Waals surface area contributed by atoms with Crippen LogP contribution in [0.25, 0.3) is 0 Å². The van der Waals surface area contributed by atoms with Gasteiger partial charge in [-0.2, -0.15) is 18.3 Å². The van der Waals surface area contributed by atoms with Crippen molar-refractivity contribution in [2.24, 2.45) is 5.10 Å². The molecule has 2 amide bonds. The number of nitrogens with one attached hydrogen (secondary N) is 2. The molecule has 0 unspecified atom stereocenters. The highest BCUT2D eigenvalue weighted by atomic mass is 19.4. The number of halogens is 3. The van der Waals surface area contributed by atoms with Crippen LogP contribution in [0.2, 0.25) is 0 Å². The average Bonchev–Trinajstić information content (AvgIpc) is 2.56. The minimum absolute atomic E-state index is 0.133. The van der Waals surface area contributed by atoms with Gasteiger partial charge in [-0.3, -0.25) is 9.59 Å². The predicted octanol–water partition coefficient (Wildman–Crippen LogP) is 3.10. The zero-order valence-electron chi connectivity index (χ0n) is 13.1. The summed E-state index contributed by atoms with van der Waals surface area (Å²) in [5.74, 6) is -1.98. The number of anilines is 1. The van der Waals surface area contributed by atoms with Crippen molar-refractivity contribution in [2.45, 2.75) is 13.1 Å². The monoisotopic (exact) mass is 349 g/mol. The second-order valence-corrected chi connectivity index (χ2v) is 5.14. The normalized spacial score (nSPS) is 11.4. The largest absolute Gasteiger partial charge is 0.416 e. The molecule has 0 aliphatic heterocycles. The Hall–Kier alpha value is -3.16. The molecule has 0 heterocycles. The van der Waals surface area contributed by atoms with Crippen LogP contribution in [0, 0.1) is 6.92 Å². The lowest BCUT2D eigenvalue weighted by atomic mass is 10.1. The lowest BCUT2D eigenvalue weighted by Crippen LogP contribution is -2.32. The first-order valence-corrected chi connectivity index (χ1v) is 7.14. The van der Waals surface area contributed by atoms with Crippen LogP contribution in [-0.4, -0.2) is 18.0 Å². The molecule has 0 saturated heterocycles. The summed E-state index contributed by atoms with van der Waals surface area (Å²) in [5, 5.41) is 5.86. The third-order valence-corrected chi connectivity index (χ3v) is 3.11. The molecule has 0 atom stereocenters. The van der Waals surface area contributed by atoms with Crippen LogP contribution in [-0.2, 0) is 15.8 Å². The summed E-state index contributed by atoms with van der Waals surface area (Å²) in [6.45, 7) is 1.88. The van der Waals surface area contributed by atoms with E-state index in [-0.39, 0.29) is 5.56 Å². The molecular weight excluding hydrogens is 335 g/mol. The van der Waals surface area contributed by atoms with Gasteiger partial charge in [0.2, 0.25) is 0 Å². The Kier molecular flexibility index (Phi) is 5.53. The number of hydrogen-bond acceptors (Lipinski definition) is 3. The van der Waals surface area contributed by atoms with Crippen LogP contribution in [0.5, 0.6) is 0 Å². The maximum Gasteiger partial charge on any atom is 0.416 e. The van der Waals surface area contributed by atoms with E-state index < -0.39 is 23.6 Å². The van der Waals surface area contributed by atoms with Gasteiger partial charge in [-0.1, -0.05) is 29.8 Å². The summed E-state index contributed by atoms with van der Waals surface area (Å²) < 4.78 is 37.8. The molecule has 0 aromatic heterocycles.